The third-order valence-corrected chi connectivity index (χ3v) is 7.53. The zero-order valence-corrected chi connectivity index (χ0v) is 19.7. The lowest BCUT2D eigenvalue weighted by molar-refractivity contribution is -0.121. The van der Waals surface area contributed by atoms with E-state index in [4.69, 9.17) is 0 Å². The zero-order valence-electron chi connectivity index (χ0n) is 19.7. The Morgan fingerprint density at radius 1 is 1.00 bits per heavy atom. The molecule has 2 aromatic carbocycles. The molecule has 33 heavy (non-hydrogen) atoms. The van der Waals surface area contributed by atoms with Gasteiger partial charge in [0.2, 0.25) is 5.91 Å². The highest BCUT2D eigenvalue weighted by atomic mass is 19.1. The molecule has 3 fully saturated rings. The van der Waals surface area contributed by atoms with Crippen LogP contribution in [0.4, 0.5) is 15.8 Å². The second-order valence-corrected chi connectivity index (χ2v) is 9.73. The number of hydrogen-bond donors (Lipinski definition) is 3. The summed E-state index contributed by atoms with van der Waals surface area (Å²) in [6.07, 6.45) is 0.296. The molecule has 0 spiro atoms. The SMILES string of the molecule is Cc1cccc(F)c1N1NC2C(CC1=O)NNC2c1ccc(N2C[C@@H](C)N(C)[C@@H](C)C2)cc1. The fourth-order valence-electron chi connectivity index (χ4n) is 5.35. The number of halogens is 1. The van der Waals surface area contributed by atoms with Crippen molar-refractivity contribution in [1.82, 2.24) is 21.2 Å². The molecule has 3 aliphatic rings. The quantitative estimate of drug-likeness (QED) is 0.665. The predicted octanol–water partition coefficient (Wildman–Crippen LogP) is 2.49. The number of anilines is 2. The smallest absolute Gasteiger partial charge is 0.243 e. The number of carbonyl (C=O) groups is 1. The van der Waals surface area contributed by atoms with Gasteiger partial charge in [-0.2, -0.15) is 0 Å². The van der Waals surface area contributed by atoms with Gasteiger partial charge in [0.15, 0.2) is 0 Å². The summed E-state index contributed by atoms with van der Waals surface area (Å²) >= 11 is 0. The Kier molecular flexibility index (Phi) is 5.86. The average Bonchev–Trinajstić information content (AvgIpc) is 3.19. The number of nitrogens with one attached hydrogen (secondary N) is 3. The predicted molar refractivity (Wildman–Crippen MR) is 128 cm³/mol. The van der Waals surface area contributed by atoms with Crippen LogP contribution in [-0.2, 0) is 4.79 Å². The molecule has 0 aromatic heterocycles. The third kappa shape index (κ3) is 4.01. The molecule has 3 unspecified atom stereocenters. The van der Waals surface area contributed by atoms with Gasteiger partial charge in [0.05, 0.1) is 17.8 Å². The standard InChI is InChI=1S/C25H33FN6O/c1-15-6-5-7-20(26)25(15)32-22(33)12-21-24(29-32)23(28-27-21)18-8-10-19(11-9-18)31-13-16(2)30(4)17(3)14-31/h5-11,16-17,21,23-24,27-29H,12-14H2,1-4H3/t16-,17+,21?,23?,24?. The number of amides is 1. The topological polar surface area (TPSA) is 62.9 Å². The Hall–Kier alpha value is -2.52. The lowest BCUT2D eigenvalue weighted by Crippen LogP contribution is -2.60. The fraction of sp³-hybridized carbons (Fsp3) is 0.480. The van der Waals surface area contributed by atoms with Crippen LogP contribution >= 0.6 is 0 Å². The number of fused-ring (bicyclic) bond motifs is 1. The summed E-state index contributed by atoms with van der Waals surface area (Å²) in [6, 6.07) is 14.4. The van der Waals surface area contributed by atoms with Gasteiger partial charge >= 0.3 is 0 Å². The van der Waals surface area contributed by atoms with Crippen LogP contribution in [0.25, 0.3) is 0 Å². The van der Waals surface area contributed by atoms with Crippen molar-refractivity contribution in [3.8, 4) is 0 Å². The number of nitrogens with zero attached hydrogens (tertiary/aromatic N) is 3. The fourth-order valence-corrected chi connectivity index (χ4v) is 5.35. The lowest BCUT2D eigenvalue weighted by atomic mass is 9.93. The Balaban J connectivity index is 1.35. The second-order valence-electron chi connectivity index (χ2n) is 9.73. The van der Waals surface area contributed by atoms with Gasteiger partial charge < -0.3 is 4.90 Å². The van der Waals surface area contributed by atoms with Crippen LogP contribution < -0.4 is 26.2 Å². The number of para-hydroxylation sites is 1. The summed E-state index contributed by atoms with van der Waals surface area (Å²) < 4.78 is 14.6. The highest BCUT2D eigenvalue weighted by Crippen LogP contribution is 2.33. The lowest BCUT2D eigenvalue weighted by Gasteiger charge is -2.43. The van der Waals surface area contributed by atoms with E-state index >= 15 is 0 Å². The Labute approximate surface area is 194 Å². The van der Waals surface area contributed by atoms with Crippen molar-refractivity contribution < 1.29 is 9.18 Å². The molecule has 3 N–H and O–H groups in total. The highest BCUT2D eigenvalue weighted by Gasteiger charge is 2.44. The molecule has 5 rings (SSSR count). The largest absolute Gasteiger partial charge is 0.368 e. The van der Waals surface area contributed by atoms with Crippen molar-refractivity contribution in [2.24, 2.45) is 0 Å². The number of aryl methyl sites for hydroxylation is 1. The van der Waals surface area contributed by atoms with Crippen molar-refractivity contribution in [2.75, 3.05) is 30.0 Å². The van der Waals surface area contributed by atoms with E-state index in [9.17, 15) is 9.18 Å². The Morgan fingerprint density at radius 3 is 2.36 bits per heavy atom. The van der Waals surface area contributed by atoms with Crippen molar-refractivity contribution >= 4 is 17.3 Å². The molecule has 5 atom stereocenters. The minimum Gasteiger partial charge on any atom is -0.368 e. The van der Waals surface area contributed by atoms with E-state index < -0.39 is 5.82 Å². The Bertz CT molecular complexity index is 998. The summed E-state index contributed by atoms with van der Waals surface area (Å²) in [4.78, 5) is 17.7. The molecule has 7 nitrogen and oxygen atoms in total. The summed E-state index contributed by atoms with van der Waals surface area (Å²) in [7, 11) is 2.19. The maximum absolute atomic E-state index is 14.6. The van der Waals surface area contributed by atoms with Gasteiger partial charge in [-0.1, -0.05) is 24.3 Å². The molecule has 3 heterocycles. The maximum atomic E-state index is 14.6. The van der Waals surface area contributed by atoms with E-state index in [1.807, 2.05) is 13.0 Å². The molecule has 0 aliphatic carbocycles. The second kappa shape index (κ2) is 8.68. The number of benzene rings is 2. The average molecular weight is 453 g/mol. The number of carbonyl (C=O) groups excluding carboxylic acids is 1. The number of likely N-dealkylation sites (N-methyl/N-ethyl adjacent to an activating group) is 1. The molecule has 0 bridgehead atoms. The van der Waals surface area contributed by atoms with Gasteiger partial charge in [0.1, 0.15) is 5.82 Å². The van der Waals surface area contributed by atoms with Crippen LogP contribution in [-0.4, -0.2) is 55.1 Å². The van der Waals surface area contributed by atoms with E-state index in [1.165, 1.54) is 16.8 Å². The monoisotopic (exact) mass is 452 g/mol. The van der Waals surface area contributed by atoms with E-state index in [1.54, 1.807) is 6.07 Å². The zero-order chi connectivity index (χ0) is 23.3. The molecule has 0 saturated carbocycles. The van der Waals surface area contributed by atoms with Crippen LogP contribution in [0.1, 0.15) is 37.4 Å². The van der Waals surface area contributed by atoms with Crippen LogP contribution in [0.15, 0.2) is 42.5 Å². The third-order valence-electron chi connectivity index (χ3n) is 7.53. The van der Waals surface area contributed by atoms with E-state index in [0.717, 1.165) is 24.2 Å². The van der Waals surface area contributed by atoms with E-state index in [2.05, 4.69) is 71.2 Å². The summed E-state index contributed by atoms with van der Waals surface area (Å²) in [5.41, 5.74) is 13.3. The first-order chi connectivity index (χ1) is 15.8. The van der Waals surface area contributed by atoms with Gasteiger partial charge in [-0.25, -0.2) is 20.3 Å². The first-order valence-electron chi connectivity index (χ1n) is 11.8. The highest BCUT2D eigenvalue weighted by molar-refractivity contribution is 5.94. The number of hydrogen-bond acceptors (Lipinski definition) is 6. The molecule has 2 aromatic rings. The molecule has 3 saturated heterocycles. The summed E-state index contributed by atoms with van der Waals surface area (Å²) in [5.74, 6) is -0.544. The minimum atomic E-state index is -0.398. The number of piperazine rings is 1. The van der Waals surface area contributed by atoms with Gasteiger partial charge in [-0.05, 0) is 57.1 Å². The van der Waals surface area contributed by atoms with Crippen LogP contribution in [0.2, 0.25) is 0 Å². The van der Waals surface area contributed by atoms with Gasteiger partial charge in [0, 0.05) is 43.3 Å². The first-order valence-corrected chi connectivity index (χ1v) is 11.8. The molecular formula is C25H33FN6O. The van der Waals surface area contributed by atoms with Crippen LogP contribution in [0.3, 0.4) is 0 Å². The van der Waals surface area contributed by atoms with Crippen molar-refractivity contribution in [3.63, 3.8) is 0 Å². The first kappa shape index (κ1) is 22.3. The van der Waals surface area contributed by atoms with E-state index in [0.29, 0.717) is 24.2 Å². The number of hydrazine groups is 2. The number of rotatable bonds is 3. The van der Waals surface area contributed by atoms with Gasteiger partial charge in [-0.3, -0.25) is 15.1 Å². The molecule has 0 radical (unpaired) electrons. The summed E-state index contributed by atoms with van der Waals surface area (Å²) in [5, 5.41) is 1.40. The molecular weight excluding hydrogens is 419 g/mol. The molecule has 176 valence electrons. The summed E-state index contributed by atoms with van der Waals surface area (Å²) in [6.45, 7) is 8.37. The maximum Gasteiger partial charge on any atom is 0.243 e. The van der Waals surface area contributed by atoms with Crippen LogP contribution in [0.5, 0.6) is 0 Å². The van der Waals surface area contributed by atoms with Crippen molar-refractivity contribution in [2.45, 2.75) is 57.4 Å². The normalized spacial score (nSPS) is 30.6. The van der Waals surface area contributed by atoms with Crippen molar-refractivity contribution in [1.29, 1.82) is 0 Å². The molecule has 3 aliphatic heterocycles. The van der Waals surface area contributed by atoms with E-state index in [-0.39, 0.29) is 24.0 Å². The van der Waals surface area contributed by atoms with Crippen molar-refractivity contribution in [3.05, 3.63) is 59.4 Å². The minimum absolute atomic E-state index is 0.0444. The molecule has 1 amide bonds. The Morgan fingerprint density at radius 2 is 1.70 bits per heavy atom. The van der Waals surface area contributed by atoms with Gasteiger partial charge in [-0.15, -0.1) is 0 Å². The van der Waals surface area contributed by atoms with Gasteiger partial charge in [0.25, 0.3) is 0 Å². The van der Waals surface area contributed by atoms with Crippen LogP contribution in [0, 0.1) is 12.7 Å². The molecule has 8 heteroatoms.